The van der Waals surface area contributed by atoms with Crippen molar-refractivity contribution in [3.8, 4) is 28.6 Å². The molecule has 1 unspecified atom stereocenters. The maximum atomic E-state index is 14.8. The standard InChI is InChI=1S/C43H40Cl3N7O3/c1-25(31-13-11-28(44)21-33(31)46)53-24-48-38(27-8-6-5-7-9-27)40(53)37-32-14-12-29(45)22-34(32)50-39(37)41(54)51-35-20-26(23-47)10-15-36(35)52-18-16-30(17-19-52)49-42(55)56-43(2,3)4/h5-15,20-22,24-25,30,50H,16-19H2,1-4H3,(H,49,55)(H,51,54). The molecule has 2 aromatic heterocycles. The third-order valence-corrected chi connectivity index (χ3v) is 10.6. The molecule has 7 rings (SSSR count). The fraction of sp³-hybridized carbons (Fsp3) is 0.256. The van der Waals surface area contributed by atoms with Gasteiger partial charge in [0.15, 0.2) is 0 Å². The van der Waals surface area contributed by atoms with Gasteiger partial charge in [-0.25, -0.2) is 9.78 Å². The Morgan fingerprint density at radius 2 is 1.68 bits per heavy atom. The molecule has 1 atom stereocenters. The molecule has 56 heavy (non-hydrogen) atoms. The molecule has 3 heterocycles. The van der Waals surface area contributed by atoms with Crippen molar-refractivity contribution in [2.45, 2.75) is 58.2 Å². The first-order valence-corrected chi connectivity index (χ1v) is 19.4. The number of fused-ring (bicyclic) bond motifs is 1. The van der Waals surface area contributed by atoms with E-state index in [9.17, 15) is 14.9 Å². The number of carbonyl (C=O) groups excluding carboxylic acids is 2. The molecule has 2 amide bonds. The molecule has 6 aromatic rings. The fourth-order valence-corrected chi connectivity index (χ4v) is 7.93. The van der Waals surface area contributed by atoms with Gasteiger partial charge in [0.05, 0.1) is 46.8 Å². The van der Waals surface area contributed by atoms with E-state index < -0.39 is 17.6 Å². The molecule has 1 aliphatic rings. The van der Waals surface area contributed by atoms with Crippen molar-refractivity contribution in [2.24, 2.45) is 0 Å². The highest BCUT2D eigenvalue weighted by atomic mass is 35.5. The molecule has 0 aliphatic carbocycles. The van der Waals surface area contributed by atoms with E-state index >= 15 is 0 Å². The van der Waals surface area contributed by atoms with Gasteiger partial charge in [-0.15, -0.1) is 0 Å². The number of hydrogen-bond donors (Lipinski definition) is 3. The largest absolute Gasteiger partial charge is 0.444 e. The number of ether oxygens (including phenoxy) is 1. The molecule has 0 radical (unpaired) electrons. The van der Waals surface area contributed by atoms with Crippen molar-refractivity contribution in [1.82, 2.24) is 19.9 Å². The van der Waals surface area contributed by atoms with Crippen molar-refractivity contribution < 1.29 is 14.3 Å². The molecular weight excluding hydrogens is 769 g/mol. The number of benzene rings is 4. The molecule has 1 fully saturated rings. The predicted molar refractivity (Wildman–Crippen MR) is 224 cm³/mol. The second kappa shape index (κ2) is 15.9. The zero-order chi connectivity index (χ0) is 39.7. The molecule has 3 N–H and O–H groups in total. The Labute approximate surface area is 340 Å². The van der Waals surface area contributed by atoms with Crippen LogP contribution in [0.25, 0.3) is 33.4 Å². The van der Waals surface area contributed by atoms with E-state index in [-0.39, 0.29) is 17.8 Å². The van der Waals surface area contributed by atoms with E-state index in [1.54, 1.807) is 42.7 Å². The molecule has 0 saturated carbocycles. The van der Waals surface area contributed by atoms with Crippen LogP contribution in [0.5, 0.6) is 0 Å². The smallest absolute Gasteiger partial charge is 0.407 e. The van der Waals surface area contributed by atoms with Crippen molar-refractivity contribution >= 4 is 69.1 Å². The number of nitrogens with one attached hydrogen (secondary N) is 3. The summed E-state index contributed by atoms with van der Waals surface area (Å²) in [6.45, 7) is 8.73. The molecule has 286 valence electrons. The minimum atomic E-state index is -0.594. The average Bonchev–Trinajstić information content (AvgIpc) is 3.76. The number of H-pyrrole nitrogens is 1. The number of piperidine rings is 1. The number of aromatic nitrogens is 3. The molecule has 10 nitrogen and oxygen atoms in total. The molecule has 4 aromatic carbocycles. The average molecular weight is 809 g/mol. The summed E-state index contributed by atoms with van der Waals surface area (Å²) in [7, 11) is 0. The summed E-state index contributed by atoms with van der Waals surface area (Å²) in [6.07, 6.45) is 2.66. The van der Waals surface area contributed by atoms with E-state index in [0.717, 1.165) is 22.2 Å². The Morgan fingerprint density at radius 1 is 0.964 bits per heavy atom. The van der Waals surface area contributed by atoms with E-state index in [1.165, 1.54) is 0 Å². The first-order chi connectivity index (χ1) is 26.8. The number of halogens is 3. The number of nitrogens with zero attached hydrogens (tertiary/aromatic N) is 4. The summed E-state index contributed by atoms with van der Waals surface area (Å²) < 4.78 is 7.48. The minimum Gasteiger partial charge on any atom is -0.444 e. The second-order valence-electron chi connectivity index (χ2n) is 14.8. The highest BCUT2D eigenvalue weighted by Crippen LogP contribution is 2.43. The van der Waals surface area contributed by atoms with Gasteiger partial charge in [-0.05, 0) is 88.6 Å². The van der Waals surface area contributed by atoms with Gasteiger partial charge in [-0.3, -0.25) is 4.79 Å². The van der Waals surface area contributed by atoms with Gasteiger partial charge >= 0.3 is 6.09 Å². The first kappa shape index (κ1) is 38.8. The number of rotatable bonds is 8. The normalized spacial score (nSPS) is 14.0. The van der Waals surface area contributed by atoms with E-state index in [2.05, 4.69) is 26.6 Å². The van der Waals surface area contributed by atoms with Crippen molar-refractivity contribution in [3.05, 3.63) is 123 Å². The van der Waals surface area contributed by atoms with Crippen molar-refractivity contribution in [2.75, 3.05) is 23.3 Å². The van der Waals surface area contributed by atoms with Gasteiger partial charge in [-0.1, -0.05) is 77.3 Å². The number of alkyl carbamates (subject to hydrolysis) is 1. The zero-order valence-corrected chi connectivity index (χ0v) is 33.6. The van der Waals surface area contributed by atoms with Crippen LogP contribution in [0.2, 0.25) is 15.1 Å². The summed E-state index contributed by atoms with van der Waals surface area (Å²) in [6, 6.07) is 27.8. The first-order valence-electron chi connectivity index (χ1n) is 18.3. The van der Waals surface area contributed by atoms with Crippen LogP contribution in [0.1, 0.15) is 68.2 Å². The van der Waals surface area contributed by atoms with Gasteiger partial charge in [0.2, 0.25) is 0 Å². The molecule has 13 heteroatoms. The van der Waals surface area contributed by atoms with E-state index in [0.29, 0.717) is 74.7 Å². The van der Waals surface area contributed by atoms with Gasteiger partial charge in [0.25, 0.3) is 5.91 Å². The lowest BCUT2D eigenvalue weighted by Crippen LogP contribution is -2.46. The van der Waals surface area contributed by atoms with Crippen LogP contribution in [0.15, 0.2) is 91.3 Å². The van der Waals surface area contributed by atoms with Crippen molar-refractivity contribution in [3.63, 3.8) is 0 Å². The molecule has 0 bridgehead atoms. The van der Waals surface area contributed by atoms with Crippen LogP contribution in [0.4, 0.5) is 16.2 Å². The number of anilines is 2. The van der Waals surface area contributed by atoms with Gasteiger partial charge < -0.3 is 29.8 Å². The highest BCUT2D eigenvalue weighted by molar-refractivity contribution is 6.35. The zero-order valence-electron chi connectivity index (χ0n) is 31.3. The maximum absolute atomic E-state index is 14.8. The molecule has 1 aliphatic heterocycles. The van der Waals surface area contributed by atoms with Crippen LogP contribution in [0.3, 0.4) is 0 Å². The Bertz CT molecular complexity index is 2470. The lowest BCUT2D eigenvalue weighted by atomic mass is 9.99. The summed E-state index contributed by atoms with van der Waals surface area (Å²) >= 11 is 19.6. The van der Waals surface area contributed by atoms with E-state index in [4.69, 9.17) is 44.5 Å². The number of aromatic amines is 1. The highest BCUT2D eigenvalue weighted by Gasteiger charge is 2.30. The van der Waals surface area contributed by atoms with Gasteiger partial charge in [0.1, 0.15) is 11.3 Å². The second-order valence-corrected chi connectivity index (χ2v) is 16.1. The Hall–Kier alpha value is -5.47. The van der Waals surface area contributed by atoms with Crippen LogP contribution < -0.4 is 15.5 Å². The number of hydrogen-bond acceptors (Lipinski definition) is 6. The lowest BCUT2D eigenvalue weighted by Gasteiger charge is -2.35. The van der Waals surface area contributed by atoms with Gasteiger partial charge in [-0.2, -0.15) is 5.26 Å². The summed E-state index contributed by atoms with van der Waals surface area (Å²) in [5, 5.41) is 18.3. The number of carbonyl (C=O) groups is 2. The molecular formula is C43H40Cl3N7O3. The van der Waals surface area contributed by atoms with Crippen LogP contribution >= 0.6 is 34.8 Å². The topological polar surface area (TPSA) is 128 Å². The molecule has 0 spiro atoms. The van der Waals surface area contributed by atoms with E-state index in [1.807, 2.05) is 80.8 Å². The van der Waals surface area contributed by atoms with Crippen LogP contribution in [-0.4, -0.2) is 51.3 Å². The SMILES string of the molecule is CC(c1ccc(Cl)cc1Cl)n1cnc(-c2ccccc2)c1-c1c(C(=O)Nc2cc(C#N)ccc2N2CCC(NC(=O)OC(C)(C)C)CC2)[nH]c2cc(Cl)ccc12. The number of nitriles is 1. The maximum Gasteiger partial charge on any atom is 0.407 e. The Kier molecular flexibility index (Phi) is 11.0. The summed E-state index contributed by atoms with van der Waals surface area (Å²) in [5.41, 5.74) is 5.65. The third-order valence-electron chi connectivity index (χ3n) is 9.83. The minimum absolute atomic E-state index is 0.0629. The Balaban J connectivity index is 1.29. The third kappa shape index (κ3) is 8.21. The van der Waals surface area contributed by atoms with Crippen molar-refractivity contribution in [1.29, 1.82) is 5.26 Å². The number of amides is 2. The quantitative estimate of drug-likeness (QED) is 0.140. The van der Waals surface area contributed by atoms with Gasteiger partial charge in [0, 0.05) is 56.2 Å². The Morgan fingerprint density at radius 3 is 2.38 bits per heavy atom. The lowest BCUT2D eigenvalue weighted by molar-refractivity contribution is 0.0497. The van der Waals surface area contributed by atoms with Crippen LogP contribution in [0, 0.1) is 11.3 Å². The van der Waals surface area contributed by atoms with Crippen LogP contribution in [-0.2, 0) is 4.74 Å². The summed E-state index contributed by atoms with van der Waals surface area (Å²) in [4.78, 5) is 37.7. The molecule has 1 saturated heterocycles. The summed E-state index contributed by atoms with van der Waals surface area (Å²) in [5.74, 6) is -0.422. The predicted octanol–water partition coefficient (Wildman–Crippen LogP) is 10.9. The fourth-order valence-electron chi connectivity index (χ4n) is 7.19. The monoisotopic (exact) mass is 807 g/mol. The number of imidazole rings is 1.